The first-order chi connectivity index (χ1) is 9.08. The molecule has 0 aliphatic rings. The fourth-order valence-corrected chi connectivity index (χ4v) is 1.72. The molecule has 1 aromatic carbocycles. The first-order valence-corrected chi connectivity index (χ1v) is 5.95. The van der Waals surface area contributed by atoms with Crippen molar-refractivity contribution >= 4 is 11.9 Å². The van der Waals surface area contributed by atoms with Crippen LogP contribution in [0, 0.1) is 0 Å². The summed E-state index contributed by atoms with van der Waals surface area (Å²) in [4.78, 5) is 22.2. The van der Waals surface area contributed by atoms with Crippen molar-refractivity contribution in [3.8, 4) is 0 Å². The second-order valence-electron chi connectivity index (χ2n) is 4.07. The van der Waals surface area contributed by atoms with Crippen LogP contribution in [0.4, 0.5) is 0 Å². The van der Waals surface area contributed by atoms with E-state index in [-0.39, 0.29) is 5.91 Å². The van der Waals surface area contributed by atoms with Crippen LogP contribution in [0.25, 0.3) is 0 Å². The summed E-state index contributed by atoms with van der Waals surface area (Å²) < 4.78 is 0. The van der Waals surface area contributed by atoms with Crippen LogP contribution in [-0.4, -0.2) is 30.1 Å². The van der Waals surface area contributed by atoms with Crippen LogP contribution in [0.5, 0.6) is 0 Å². The maximum Gasteiger partial charge on any atom is 0.321 e. The molecule has 1 rings (SSSR count). The second kappa shape index (κ2) is 7.33. The van der Waals surface area contributed by atoms with Crippen molar-refractivity contribution in [2.45, 2.75) is 19.0 Å². The highest BCUT2D eigenvalue weighted by Gasteiger charge is 2.16. The van der Waals surface area contributed by atoms with Crippen molar-refractivity contribution in [3.63, 3.8) is 0 Å². The van der Waals surface area contributed by atoms with Crippen LogP contribution in [0.3, 0.4) is 0 Å². The van der Waals surface area contributed by atoms with Gasteiger partial charge in [-0.1, -0.05) is 30.8 Å². The molecule has 19 heavy (non-hydrogen) atoms. The number of benzene rings is 1. The van der Waals surface area contributed by atoms with E-state index in [2.05, 4.69) is 17.2 Å². The van der Waals surface area contributed by atoms with Gasteiger partial charge in [0.25, 0.3) is 0 Å². The predicted molar refractivity (Wildman–Crippen MR) is 72.7 cm³/mol. The molecule has 0 aliphatic carbocycles. The standard InChI is InChI=1S/C14H18N2O3/c1-3-13(17)16-9-11-7-5-4-6-10(11)8-12(15-2)14(18)19/h3-7,12,15H,1,8-9H2,2H3,(H,16,17)(H,18,19)/t12-/m0/s1. The van der Waals surface area contributed by atoms with E-state index in [4.69, 9.17) is 5.11 Å². The van der Waals surface area contributed by atoms with Crippen LogP contribution >= 0.6 is 0 Å². The van der Waals surface area contributed by atoms with Gasteiger partial charge in [-0.3, -0.25) is 9.59 Å². The highest BCUT2D eigenvalue weighted by atomic mass is 16.4. The third-order valence-electron chi connectivity index (χ3n) is 2.83. The van der Waals surface area contributed by atoms with Crippen LogP contribution < -0.4 is 10.6 Å². The number of rotatable bonds is 7. The van der Waals surface area contributed by atoms with E-state index in [1.54, 1.807) is 7.05 Å². The SMILES string of the molecule is C=CC(=O)NCc1ccccc1C[C@H](NC)C(=O)O. The van der Waals surface area contributed by atoms with Crippen molar-refractivity contribution < 1.29 is 14.7 Å². The summed E-state index contributed by atoms with van der Waals surface area (Å²) >= 11 is 0. The Morgan fingerprint density at radius 1 is 1.37 bits per heavy atom. The molecule has 5 heteroatoms. The number of hydrogen-bond donors (Lipinski definition) is 3. The Balaban J connectivity index is 2.80. The monoisotopic (exact) mass is 262 g/mol. The lowest BCUT2D eigenvalue weighted by Gasteiger charge is -2.14. The van der Waals surface area contributed by atoms with Crippen molar-refractivity contribution in [2.24, 2.45) is 0 Å². The number of hydrogen-bond acceptors (Lipinski definition) is 3. The minimum absolute atomic E-state index is 0.252. The average molecular weight is 262 g/mol. The Morgan fingerprint density at radius 2 is 2.00 bits per heavy atom. The molecule has 0 saturated carbocycles. The second-order valence-corrected chi connectivity index (χ2v) is 4.07. The number of aliphatic carboxylic acids is 1. The zero-order valence-electron chi connectivity index (χ0n) is 10.8. The van der Waals surface area contributed by atoms with E-state index in [1.165, 1.54) is 6.08 Å². The molecular formula is C14H18N2O3. The number of amides is 1. The lowest BCUT2D eigenvalue weighted by Crippen LogP contribution is -2.36. The van der Waals surface area contributed by atoms with Gasteiger partial charge in [-0.25, -0.2) is 0 Å². The van der Waals surface area contributed by atoms with Gasteiger partial charge in [0.1, 0.15) is 6.04 Å². The largest absolute Gasteiger partial charge is 0.480 e. The van der Waals surface area contributed by atoms with Crippen LogP contribution in [-0.2, 0) is 22.6 Å². The fourth-order valence-electron chi connectivity index (χ4n) is 1.72. The zero-order chi connectivity index (χ0) is 14.3. The van der Waals surface area contributed by atoms with Gasteiger partial charge in [-0.05, 0) is 30.7 Å². The first kappa shape index (κ1) is 14.9. The molecule has 0 unspecified atom stereocenters. The summed E-state index contributed by atoms with van der Waals surface area (Å²) in [6.07, 6.45) is 1.57. The quantitative estimate of drug-likeness (QED) is 0.632. The summed E-state index contributed by atoms with van der Waals surface area (Å²) in [5.41, 5.74) is 1.80. The van der Waals surface area contributed by atoms with Crippen molar-refractivity contribution in [2.75, 3.05) is 7.05 Å². The van der Waals surface area contributed by atoms with Crippen molar-refractivity contribution in [1.82, 2.24) is 10.6 Å². The van der Waals surface area contributed by atoms with E-state index in [0.29, 0.717) is 13.0 Å². The van der Waals surface area contributed by atoms with Gasteiger partial charge >= 0.3 is 5.97 Å². The predicted octanol–water partition coefficient (Wildman–Crippen LogP) is 0.704. The molecule has 3 N–H and O–H groups in total. The van der Waals surface area contributed by atoms with Gasteiger partial charge in [0.2, 0.25) is 5.91 Å². The van der Waals surface area contributed by atoms with Gasteiger partial charge in [0, 0.05) is 6.54 Å². The van der Waals surface area contributed by atoms with Gasteiger partial charge in [-0.2, -0.15) is 0 Å². The van der Waals surface area contributed by atoms with E-state index in [1.807, 2.05) is 24.3 Å². The molecule has 0 aliphatic heterocycles. The molecule has 1 aromatic rings. The number of carbonyl (C=O) groups excluding carboxylic acids is 1. The topological polar surface area (TPSA) is 78.4 Å². The van der Waals surface area contributed by atoms with E-state index in [0.717, 1.165) is 11.1 Å². The minimum Gasteiger partial charge on any atom is -0.480 e. The highest BCUT2D eigenvalue weighted by Crippen LogP contribution is 2.11. The summed E-state index contributed by atoms with van der Waals surface area (Å²) in [6.45, 7) is 3.74. The van der Waals surface area contributed by atoms with E-state index >= 15 is 0 Å². The third-order valence-corrected chi connectivity index (χ3v) is 2.83. The van der Waals surface area contributed by atoms with E-state index in [9.17, 15) is 9.59 Å². The van der Waals surface area contributed by atoms with Gasteiger partial charge in [-0.15, -0.1) is 0 Å². The highest BCUT2D eigenvalue weighted by molar-refractivity contribution is 5.86. The number of nitrogens with one attached hydrogen (secondary N) is 2. The van der Waals surface area contributed by atoms with Crippen LogP contribution in [0.1, 0.15) is 11.1 Å². The lowest BCUT2D eigenvalue weighted by molar-refractivity contribution is -0.139. The molecule has 1 amide bonds. The lowest BCUT2D eigenvalue weighted by atomic mass is 10.00. The maximum atomic E-state index is 11.1. The molecule has 0 spiro atoms. The summed E-state index contributed by atoms with van der Waals surface area (Å²) in [5, 5.41) is 14.5. The van der Waals surface area contributed by atoms with E-state index < -0.39 is 12.0 Å². The van der Waals surface area contributed by atoms with Crippen LogP contribution in [0.2, 0.25) is 0 Å². The minimum atomic E-state index is -0.896. The summed E-state index contributed by atoms with van der Waals surface area (Å²) in [7, 11) is 1.61. The number of likely N-dealkylation sites (N-methyl/N-ethyl adjacent to an activating group) is 1. The smallest absolute Gasteiger partial charge is 0.321 e. The number of carboxylic acids is 1. The Bertz CT molecular complexity index is 472. The maximum absolute atomic E-state index is 11.1. The summed E-state index contributed by atoms with van der Waals surface area (Å²) in [5.74, 6) is -1.15. The molecule has 0 saturated heterocycles. The molecule has 102 valence electrons. The van der Waals surface area contributed by atoms with Crippen LogP contribution in [0.15, 0.2) is 36.9 Å². The number of carboxylic acid groups (broad SMARTS) is 1. The Kier molecular flexibility index (Phi) is 5.75. The third kappa shape index (κ3) is 4.56. The number of carbonyl (C=O) groups is 2. The zero-order valence-corrected chi connectivity index (χ0v) is 10.8. The molecule has 0 aromatic heterocycles. The molecule has 0 radical (unpaired) electrons. The van der Waals surface area contributed by atoms with Gasteiger partial charge in [0.05, 0.1) is 0 Å². The molecule has 5 nitrogen and oxygen atoms in total. The first-order valence-electron chi connectivity index (χ1n) is 5.95. The fraction of sp³-hybridized carbons (Fsp3) is 0.286. The van der Waals surface area contributed by atoms with Gasteiger partial charge in [0.15, 0.2) is 0 Å². The normalized spacial score (nSPS) is 11.6. The van der Waals surface area contributed by atoms with Crippen molar-refractivity contribution in [3.05, 3.63) is 48.0 Å². The van der Waals surface area contributed by atoms with Gasteiger partial charge < -0.3 is 15.7 Å². The molecular weight excluding hydrogens is 244 g/mol. The molecule has 0 heterocycles. The summed E-state index contributed by atoms with van der Waals surface area (Å²) in [6, 6.07) is 6.79. The average Bonchev–Trinajstić information content (AvgIpc) is 2.42. The molecule has 0 fully saturated rings. The Morgan fingerprint density at radius 3 is 2.53 bits per heavy atom. The Labute approximate surface area is 112 Å². The Hall–Kier alpha value is -2.14. The molecule has 1 atom stereocenters. The van der Waals surface area contributed by atoms with Crippen molar-refractivity contribution in [1.29, 1.82) is 0 Å². The molecule has 0 bridgehead atoms.